The Morgan fingerprint density at radius 2 is 1.80 bits per heavy atom. The molecule has 0 unspecified atom stereocenters. The van der Waals surface area contributed by atoms with Crippen LogP contribution in [0.1, 0.15) is 12.5 Å². The second kappa shape index (κ2) is 7.66. The van der Waals surface area contributed by atoms with Gasteiger partial charge in [-0.3, -0.25) is 0 Å². The molecule has 0 amide bonds. The van der Waals surface area contributed by atoms with Crippen molar-refractivity contribution in [3.8, 4) is 17.1 Å². The third kappa shape index (κ3) is 4.07. The average molecular weight is 334 g/mol. The smallest absolute Gasteiger partial charge is 0.160 e. The van der Waals surface area contributed by atoms with Crippen LogP contribution in [-0.2, 0) is 0 Å². The van der Waals surface area contributed by atoms with Gasteiger partial charge in [0.2, 0.25) is 0 Å². The van der Waals surface area contributed by atoms with Gasteiger partial charge in [0, 0.05) is 37.7 Å². The van der Waals surface area contributed by atoms with E-state index >= 15 is 0 Å². The summed E-state index contributed by atoms with van der Waals surface area (Å²) >= 11 is 0. The highest BCUT2D eigenvalue weighted by atomic mass is 16.5. The molecule has 5 nitrogen and oxygen atoms in total. The molecule has 128 valence electrons. The van der Waals surface area contributed by atoms with Gasteiger partial charge in [-0.25, -0.2) is 9.66 Å². The molecule has 5 heteroatoms. The maximum atomic E-state index is 5.48. The van der Waals surface area contributed by atoms with Crippen molar-refractivity contribution in [3.63, 3.8) is 0 Å². The van der Waals surface area contributed by atoms with Crippen LogP contribution in [0.3, 0.4) is 0 Å². The van der Waals surface area contributed by atoms with Gasteiger partial charge in [-0.15, -0.1) is 0 Å². The lowest BCUT2D eigenvalue weighted by Gasteiger charge is -2.11. The van der Waals surface area contributed by atoms with Crippen LogP contribution in [0.2, 0.25) is 0 Å². The highest BCUT2D eigenvalue weighted by Crippen LogP contribution is 2.21. The molecule has 1 aromatic heterocycles. The van der Waals surface area contributed by atoms with E-state index in [1.165, 1.54) is 0 Å². The van der Waals surface area contributed by atoms with Gasteiger partial charge >= 0.3 is 0 Å². The zero-order chi connectivity index (χ0) is 17.6. The Labute approximate surface area is 148 Å². The summed E-state index contributed by atoms with van der Waals surface area (Å²) in [6.07, 6.45) is 5.42. The van der Waals surface area contributed by atoms with Crippen molar-refractivity contribution in [2.75, 3.05) is 25.6 Å². The van der Waals surface area contributed by atoms with Crippen LogP contribution in [0.25, 0.3) is 11.4 Å². The molecular weight excluding hydrogens is 312 g/mol. The lowest BCUT2D eigenvalue weighted by atomic mass is 10.2. The van der Waals surface area contributed by atoms with Crippen molar-refractivity contribution >= 4 is 11.9 Å². The van der Waals surface area contributed by atoms with Crippen LogP contribution in [0, 0.1) is 0 Å². The number of hydrogen-bond donors (Lipinski definition) is 0. The minimum absolute atomic E-state index is 0.658. The summed E-state index contributed by atoms with van der Waals surface area (Å²) in [5.74, 6) is 1.65. The summed E-state index contributed by atoms with van der Waals surface area (Å²) in [6.45, 7) is 2.63. The highest BCUT2D eigenvalue weighted by Gasteiger charge is 2.05. The van der Waals surface area contributed by atoms with Crippen LogP contribution < -0.4 is 9.64 Å². The molecule has 0 aliphatic carbocycles. The first-order valence-electron chi connectivity index (χ1n) is 8.25. The summed E-state index contributed by atoms with van der Waals surface area (Å²) < 4.78 is 7.25. The summed E-state index contributed by atoms with van der Waals surface area (Å²) in [5, 5.41) is 4.53. The Bertz CT molecular complexity index is 833. The topological polar surface area (TPSA) is 42.6 Å². The minimum atomic E-state index is 0.658. The molecule has 0 bridgehead atoms. The first kappa shape index (κ1) is 16.8. The van der Waals surface area contributed by atoms with Crippen LogP contribution in [0.4, 0.5) is 5.69 Å². The van der Waals surface area contributed by atoms with E-state index in [4.69, 9.17) is 4.74 Å². The second-order valence-corrected chi connectivity index (χ2v) is 5.78. The van der Waals surface area contributed by atoms with Crippen molar-refractivity contribution in [1.82, 2.24) is 9.66 Å². The van der Waals surface area contributed by atoms with Gasteiger partial charge in [0.25, 0.3) is 0 Å². The number of aromatic nitrogens is 2. The van der Waals surface area contributed by atoms with Gasteiger partial charge in [0.05, 0.1) is 12.8 Å². The first-order chi connectivity index (χ1) is 12.2. The predicted molar refractivity (Wildman–Crippen MR) is 103 cm³/mol. The quantitative estimate of drug-likeness (QED) is 0.642. The van der Waals surface area contributed by atoms with E-state index in [0.29, 0.717) is 6.61 Å². The zero-order valence-corrected chi connectivity index (χ0v) is 14.8. The van der Waals surface area contributed by atoms with Crippen molar-refractivity contribution in [2.45, 2.75) is 6.92 Å². The highest BCUT2D eigenvalue weighted by molar-refractivity contribution is 5.80. The Morgan fingerprint density at radius 3 is 2.44 bits per heavy atom. The van der Waals surface area contributed by atoms with Crippen molar-refractivity contribution in [1.29, 1.82) is 0 Å². The fraction of sp³-hybridized carbons (Fsp3) is 0.200. The van der Waals surface area contributed by atoms with Gasteiger partial charge < -0.3 is 9.64 Å². The van der Waals surface area contributed by atoms with Crippen LogP contribution in [-0.4, -0.2) is 36.6 Å². The Balaban J connectivity index is 1.79. The minimum Gasteiger partial charge on any atom is -0.494 e. The Kier molecular flexibility index (Phi) is 5.14. The molecule has 0 saturated heterocycles. The molecule has 3 aromatic rings. The molecule has 0 atom stereocenters. The maximum absolute atomic E-state index is 5.48. The normalized spacial score (nSPS) is 11.0. The Hall–Kier alpha value is -3.08. The molecule has 0 fully saturated rings. The average Bonchev–Trinajstić information content (AvgIpc) is 3.10. The molecule has 0 aliphatic rings. The molecule has 2 aromatic carbocycles. The fourth-order valence-electron chi connectivity index (χ4n) is 2.45. The van der Waals surface area contributed by atoms with Crippen LogP contribution >= 0.6 is 0 Å². The van der Waals surface area contributed by atoms with E-state index < -0.39 is 0 Å². The fourth-order valence-corrected chi connectivity index (χ4v) is 2.45. The number of benzene rings is 2. The number of imidazole rings is 1. The van der Waals surface area contributed by atoms with Gasteiger partial charge in [0.15, 0.2) is 5.82 Å². The maximum Gasteiger partial charge on any atom is 0.160 e. The summed E-state index contributed by atoms with van der Waals surface area (Å²) in [5.41, 5.74) is 3.19. The number of hydrogen-bond acceptors (Lipinski definition) is 4. The SMILES string of the molecule is CCOc1ccc(-c2nccn2/N=C/c2ccc(N(C)C)cc2)cc1. The lowest BCUT2D eigenvalue weighted by molar-refractivity contribution is 0.340. The van der Waals surface area contributed by atoms with E-state index in [9.17, 15) is 0 Å². The van der Waals surface area contributed by atoms with E-state index in [-0.39, 0.29) is 0 Å². The van der Waals surface area contributed by atoms with E-state index in [1.54, 1.807) is 10.9 Å². The number of rotatable bonds is 6. The van der Waals surface area contributed by atoms with Gasteiger partial charge in [0.1, 0.15) is 5.75 Å². The van der Waals surface area contributed by atoms with Gasteiger partial charge in [-0.2, -0.15) is 5.10 Å². The van der Waals surface area contributed by atoms with Crippen molar-refractivity contribution in [2.24, 2.45) is 5.10 Å². The van der Waals surface area contributed by atoms with Crippen LogP contribution in [0.5, 0.6) is 5.75 Å². The number of nitrogens with zero attached hydrogens (tertiary/aromatic N) is 4. The molecule has 3 rings (SSSR count). The van der Waals surface area contributed by atoms with E-state index in [2.05, 4.69) is 27.1 Å². The summed E-state index contributed by atoms with van der Waals surface area (Å²) in [4.78, 5) is 6.48. The zero-order valence-electron chi connectivity index (χ0n) is 14.8. The van der Waals surface area contributed by atoms with E-state index in [0.717, 1.165) is 28.4 Å². The largest absolute Gasteiger partial charge is 0.494 e. The second-order valence-electron chi connectivity index (χ2n) is 5.78. The molecule has 25 heavy (non-hydrogen) atoms. The molecule has 0 aliphatic heterocycles. The molecule has 1 heterocycles. The monoisotopic (exact) mass is 334 g/mol. The van der Waals surface area contributed by atoms with Crippen molar-refractivity contribution < 1.29 is 4.74 Å². The third-order valence-corrected chi connectivity index (χ3v) is 3.79. The summed E-state index contributed by atoms with van der Waals surface area (Å²) in [6, 6.07) is 16.1. The van der Waals surface area contributed by atoms with Crippen molar-refractivity contribution in [3.05, 3.63) is 66.5 Å². The van der Waals surface area contributed by atoms with E-state index in [1.807, 2.05) is 69.8 Å². The molecule has 0 N–H and O–H groups in total. The third-order valence-electron chi connectivity index (χ3n) is 3.79. The summed E-state index contributed by atoms with van der Waals surface area (Å²) in [7, 11) is 4.05. The predicted octanol–water partition coefficient (Wildman–Crippen LogP) is 3.90. The standard InChI is InChI=1S/C20H22N4O/c1-4-25-19-11-7-17(8-12-19)20-21-13-14-24(20)22-15-16-5-9-18(10-6-16)23(2)3/h5-15H,4H2,1-3H3/b22-15+. The van der Waals surface area contributed by atoms with Gasteiger partial charge in [-0.1, -0.05) is 12.1 Å². The molecule has 0 radical (unpaired) electrons. The lowest BCUT2D eigenvalue weighted by Crippen LogP contribution is -2.08. The number of ether oxygens (including phenoxy) is 1. The van der Waals surface area contributed by atoms with Crippen LogP contribution in [0.15, 0.2) is 66.0 Å². The molecular formula is C20H22N4O. The first-order valence-corrected chi connectivity index (χ1v) is 8.25. The molecule has 0 saturated carbocycles. The number of anilines is 1. The van der Waals surface area contributed by atoms with Gasteiger partial charge in [-0.05, 0) is 48.9 Å². The molecule has 0 spiro atoms. The Morgan fingerprint density at radius 1 is 1.08 bits per heavy atom.